The Bertz CT molecular complexity index is 755. The summed E-state index contributed by atoms with van der Waals surface area (Å²) in [5, 5.41) is 0. The van der Waals surface area contributed by atoms with Gasteiger partial charge in [0.05, 0.1) is 0 Å². The molecule has 1 aliphatic heterocycles. The van der Waals surface area contributed by atoms with E-state index in [1.165, 1.54) is 19.1 Å². The average Bonchev–Trinajstić information content (AvgIpc) is 2.89. The van der Waals surface area contributed by atoms with Gasteiger partial charge in [0.15, 0.2) is 5.78 Å². The fraction of sp³-hybridized carbons (Fsp3) is 0.278. The van der Waals surface area contributed by atoms with Gasteiger partial charge in [0, 0.05) is 29.7 Å². The van der Waals surface area contributed by atoms with Gasteiger partial charge in [0.25, 0.3) is 0 Å². The lowest BCUT2D eigenvalue weighted by Crippen LogP contribution is -2.24. The highest BCUT2D eigenvalue weighted by Crippen LogP contribution is 2.40. The van der Waals surface area contributed by atoms with E-state index in [1.807, 2.05) is 19.1 Å². The summed E-state index contributed by atoms with van der Waals surface area (Å²) < 4.78 is 20.2. The number of nitrogens with two attached hydrogens (primary N) is 1. The first-order valence-electron chi connectivity index (χ1n) is 7.30. The van der Waals surface area contributed by atoms with Crippen LogP contribution in [-0.4, -0.2) is 18.4 Å². The lowest BCUT2D eigenvalue weighted by molar-refractivity contribution is 0.101. The molecule has 0 saturated heterocycles. The highest BCUT2D eigenvalue weighted by Gasteiger charge is 2.26. The predicted octanol–water partition coefficient (Wildman–Crippen LogP) is 3.27. The highest BCUT2D eigenvalue weighted by molar-refractivity contribution is 5.95. The number of rotatable bonds is 3. The summed E-state index contributed by atoms with van der Waals surface area (Å²) in [6.45, 7) is 3.86. The first kappa shape index (κ1) is 14.7. The van der Waals surface area contributed by atoms with Crippen molar-refractivity contribution in [3.8, 4) is 16.9 Å². The third-order valence-electron chi connectivity index (χ3n) is 3.97. The molecule has 114 valence electrons. The van der Waals surface area contributed by atoms with E-state index in [0.29, 0.717) is 29.0 Å². The zero-order valence-corrected chi connectivity index (χ0v) is 12.7. The Labute approximate surface area is 128 Å². The van der Waals surface area contributed by atoms with Crippen molar-refractivity contribution in [2.24, 2.45) is 5.73 Å². The Morgan fingerprint density at radius 1 is 1.32 bits per heavy atom. The Kier molecular flexibility index (Phi) is 3.71. The monoisotopic (exact) mass is 299 g/mol. The Balaban J connectivity index is 2.18. The van der Waals surface area contributed by atoms with E-state index in [4.69, 9.17) is 10.5 Å². The van der Waals surface area contributed by atoms with Crippen LogP contribution in [0.4, 0.5) is 4.39 Å². The van der Waals surface area contributed by atoms with Crippen LogP contribution in [0.2, 0.25) is 0 Å². The number of Topliss-reactive ketones (excluding diaryl/α,β-unsaturated/α-hetero) is 1. The molecule has 0 amide bonds. The molecule has 0 bridgehead atoms. The van der Waals surface area contributed by atoms with E-state index < -0.39 is 0 Å². The van der Waals surface area contributed by atoms with Crippen LogP contribution in [0, 0.1) is 12.7 Å². The minimum atomic E-state index is -0.363. The van der Waals surface area contributed by atoms with E-state index in [-0.39, 0.29) is 17.7 Å². The summed E-state index contributed by atoms with van der Waals surface area (Å²) in [4.78, 5) is 11.6. The maximum absolute atomic E-state index is 14.3. The normalized spacial score (nSPS) is 16.3. The number of hydrogen-bond donors (Lipinski definition) is 1. The fourth-order valence-corrected chi connectivity index (χ4v) is 2.87. The van der Waals surface area contributed by atoms with Crippen molar-refractivity contribution in [1.29, 1.82) is 0 Å². The molecule has 0 spiro atoms. The Morgan fingerprint density at radius 3 is 2.77 bits per heavy atom. The number of aryl methyl sites for hydroxylation is 1. The van der Waals surface area contributed by atoms with Crippen LogP contribution in [0.5, 0.6) is 5.75 Å². The fourth-order valence-electron chi connectivity index (χ4n) is 2.87. The van der Waals surface area contributed by atoms with Gasteiger partial charge in [0.2, 0.25) is 0 Å². The lowest BCUT2D eigenvalue weighted by Gasteiger charge is -2.13. The summed E-state index contributed by atoms with van der Waals surface area (Å²) in [5.74, 6) is 0.226. The zero-order valence-electron chi connectivity index (χ0n) is 12.7. The molecule has 1 atom stereocenters. The maximum atomic E-state index is 14.3. The van der Waals surface area contributed by atoms with Gasteiger partial charge in [-0.25, -0.2) is 4.39 Å². The number of fused-ring (bicyclic) bond motifs is 1. The SMILES string of the molecule is CC(=O)c1ccc(F)c(-c2cc(C)cc3c2OC(CN)C3)c1. The zero-order chi connectivity index (χ0) is 15.9. The lowest BCUT2D eigenvalue weighted by atomic mass is 9.95. The quantitative estimate of drug-likeness (QED) is 0.885. The smallest absolute Gasteiger partial charge is 0.159 e. The molecule has 1 aliphatic rings. The number of ether oxygens (including phenoxy) is 1. The molecule has 1 unspecified atom stereocenters. The van der Waals surface area contributed by atoms with Gasteiger partial charge in [-0.3, -0.25) is 4.79 Å². The standard InChI is InChI=1S/C18H18FNO2/c1-10-5-13-7-14(9-20)22-18(13)16(6-10)15-8-12(11(2)21)3-4-17(15)19/h3-6,8,14H,7,9,20H2,1-2H3. The van der Waals surface area contributed by atoms with Crippen LogP contribution in [0.25, 0.3) is 11.1 Å². The number of benzene rings is 2. The van der Waals surface area contributed by atoms with Crippen molar-refractivity contribution >= 4 is 5.78 Å². The Morgan fingerprint density at radius 2 is 2.09 bits per heavy atom. The predicted molar refractivity (Wildman–Crippen MR) is 83.8 cm³/mol. The molecule has 0 aliphatic carbocycles. The van der Waals surface area contributed by atoms with E-state index in [0.717, 1.165) is 17.5 Å². The van der Waals surface area contributed by atoms with Crippen LogP contribution < -0.4 is 10.5 Å². The number of carbonyl (C=O) groups excluding carboxylic acids is 1. The van der Waals surface area contributed by atoms with Crippen molar-refractivity contribution in [2.75, 3.05) is 6.54 Å². The number of hydrogen-bond acceptors (Lipinski definition) is 3. The summed E-state index contributed by atoms with van der Waals surface area (Å²) in [6, 6.07) is 8.35. The minimum absolute atomic E-state index is 0.0744. The Hall–Kier alpha value is -2.20. The summed E-state index contributed by atoms with van der Waals surface area (Å²) in [6.07, 6.45) is 0.656. The van der Waals surface area contributed by atoms with Gasteiger partial charge in [-0.1, -0.05) is 6.07 Å². The van der Waals surface area contributed by atoms with Crippen molar-refractivity contribution in [1.82, 2.24) is 0 Å². The van der Waals surface area contributed by atoms with Gasteiger partial charge < -0.3 is 10.5 Å². The molecule has 1 heterocycles. The van der Waals surface area contributed by atoms with Gasteiger partial charge in [0.1, 0.15) is 17.7 Å². The van der Waals surface area contributed by atoms with Crippen LogP contribution in [0.1, 0.15) is 28.4 Å². The maximum Gasteiger partial charge on any atom is 0.159 e. The minimum Gasteiger partial charge on any atom is -0.488 e. The summed E-state index contributed by atoms with van der Waals surface area (Å²) in [7, 11) is 0. The van der Waals surface area contributed by atoms with E-state index in [2.05, 4.69) is 0 Å². The second-order valence-corrected chi connectivity index (χ2v) is 5.73. The van der Waals surface area contributed by atoms with E-state index >= 15 is 0 Å². The molecule has 2 N–H and O–H groups in total. The molecule has 2 aromatic rings. The molecule has 0 aromatic heterocycles. The number of ketones is 1. The van der Waals surface area contributed by atoms with Crippen molar-refractivity contribution in [2.45, 2.75) is 26.4 Å². The molecule has 0 fully saturated rings. The molecule has 3 rings (SSSR count). The van der Waals surface area contributed by atoms with Crippen LogP contribution in [-0.2, 0) is 6.42 Å². The molecule has 3 nitrogen and oxygen atoms in total. The van der Waals surface area contributed by atoms with Gasteiger partial charge in [-0.15, -0.1) is 0 Å². The second-order valence-electron chi connectivity index (χ2n) is 5.73. The average molecular weight is 299 g/mol. The molecule has 0 saturated carbocycles. The summed E-state index contributed by atoms with van der Waals surface area (Å²) in [5.41, 5.74) is 9.33. The third kappa shape index (κ3) is 2.50. The first-order valence-corrected chi connectivity index (χ1v) is 7.30. The third-order valence-corrected chi connectivity index (χ3v) is 3.97. The number of carbonyl (C=O) groups is 1. The van der Waals surface area contributed by atoms with Gasteiger partial charge >= 0.3 is 0 Å². The molecule has 4 heteroatoms. The molecular weight excluding hydrogens is 281 g/mol. The summed E-state index contributed by atoms with van der Waals surface area (Å²) >= 11 is 0. The van der Waals surface area contributed by atoms with E-state index in [1.54, 1.807) is 6.07 Å². The number of halogens is 1. The van der Waals surface area contributed by atoms with Crippen LogP contribution >= 0.6 is 0 Å². The van der Waals surface area contributed by atoms with Gasteiger partial charge in [-0.2, -0.15) is 0 Å². The van der Waals surface area contributed by atoms with Crippen LogP contribution in [0.15, 0.2) is 30.3 Å². The molecular formula is C18H18FNO2. The molecule has 2 aromatic carbocycles. The molecule has 22 heavy (non-hydrogen) atoms. The first-order chi connectivity index (χ1) is 10.5. The van der Waals surface area contributed by atoms with E-state index in [9.17, 15) is 9.18 Å². The second kappa shape index (κ2) is 5.54. The largest absolute Gasteiger partial charge is 0.488 e. The van der Waals surface area contributed by atoms with Crippen molar-refractivity contribution in [3.63, 3.8) is 0 Å². The van der Waals surface area contributed by atoms with Crippen LogP contribution in [0.3, 0.4) is 0 Å². The van der Waals surface area contributed by atoms with Crippen molar-refractivity contribution < 1.29 is 13.9 Å². The van der Waals surface area contributed by atoms with Crippen molar-refractivity contribution in [3.05, 3.63) is 52.8 Å². The highest BCUT2D eigenvalue weighted by atomic mass is 19.1. The van der Waals surface area contributed by atoms with Gasteiger partial charge in [-0.05, 0) is 49.2 Å². The molecule has 0 radical (unpaired) electrons. The topological polar surface area (TPSA) is 52.3 Å².